The number of hydrogen-bond acceptors (Lipinski definition) is 10. The molecule has 1 aliphatic rings. The highest BCUT2D eigenvalue weighted by Gasteiger charge is 2.39. The van der Waals surface area contributed by atoms with Gasteiger partial charge in [-0.1, -0.05) is 54.1 Å². The monoisotopic (exact) mass is 632 g/mol. The number of nitrogens with one attached hydrogen (secondary N) is 1. The number of rotatable bonds is 17. The number of unbranched alkanes of at least 4 members (excludes halogenated alkanes) is 1. The molecule has 5 atom stereocenters. The van der Waals surface area contributed by atoms with Crippen molar-refractivity contribution in [2.24, 2.45) is 11.8 Å². The van der Waals surface area contributed by atoms with Crippen molar-refractivity contribution >= 4 is 23.5 Å². The van der Waals surface area contributed by atoms with Gasteiger partial charge in [-0.05, 0) is 61.1 Å². The Labute approximate surface area is 260 Å². The van der Waals surface area contributed by atoms with Crippen molar-refractivity contribution in [1.29, 1.82) is 0 Å². The number of aliphatic hydroxyl groups is 3. The van der Waals surface area contributed by atoms with Gasteiger partial charge < -0.3 is 34.9 Å². The summed E-state index contributed by atoms with van der Waals surface area (Å²) in [5.74, 6) is -0.858. The summed E-state index contributed by atoms with van der Waals surface area (Å²) in [6.07, 6.45) is 6.86. The summed E-state index contributed by atoms with van der Waals surface area (Å²) in [5.41, 5.74) is 0.449. The molecule has 238 valence electrons. The van der Waals surface area contributed by atoms with Crippen molar-refractivity contribution in [2.75, 3.05) is 13.2 Å². The minimum absolute atomic E-state index is 0.0129. The molecule has 4 N–H and O–H groups in total. The number of carbonyl (C=O) groups excluding carboxylic acids is 2. The first-order chi connectivity index (χ1) is 21.1. The molecule has 0 aliphatic heterocycles. The van der Waals surface area contributed by atoms with E-state index in [2.05, 4.69) is 10.2 Å². The Bertz CT molecular complexity index is 1300. The molecule has 3 rings (SSSR count). The van der Waals surface area contributed by atoms with Gasteiger partial charge in [-0.2, -0.15) is 0 Å². The van der Waals surface area contributed by atoms with E-state index in [-0.39, 0.29) is 56.1 Å². The minimum atomic E-state index is -0.917. The van der Waals surface area contributed by atoms with E-state index in [1.54, 1.807) is 48.6 Å². The molecule has 0 unspecified atom stereocenters. The second-order valence-corrected chi connectivity index (χ2v) is 10.8. The van der Waals surface area contributed by atoms with Gasteiger partial charge in [-0.25, -0.2) is 4.79 Å². The SMILES string of the molecule is O=C(CCC/C=C\C[C@@H]1[C@@H](/C=C/[C@@H](O)COc2cccc(Cl)c2)[C@H](O)C[C@@H]1O)NCC(=O)Oc1cccc(CO[N+](=O)[O-])c1. The van der Waals surface area contributed by atoms with Crippen molar-refractivity contribution in [3.05, 3.63) is 93.5 Å². The number of hydrogen-bond donors (Lipinski definition) is 4. The average molecular weight is 633 g/mol. The second-order valence-electron chi connectivity index (χ2n) is 10.3. The lowest BCUT2D eigenvalue weighted by molar-refractivity contribution is -0.763. The molecule has 1 saturated carbocycles. The summed E-state index contributed by atoms with van der Waals surface area (Å²) in [6.45, 7) is -0.599. The molecule has 0 bridgehead atoms. The van der Waals surface area contributed by atoms with Gasteiger partial charge in [-0.3, -0.25) is 4.79 Å². The van der Waals surface area contributed by atoms with E-state index >= 15 is 0 Å². The smallest absolute Gasteiger partial charge is 0.330 e. The largest absolute Gasteiger partial charge is 0.491 e. The van der Waals surface area contributed by atoms with Gasteiger partial charge in [0.05, 0.1) is 12.2 Å². The maximum absolute atomic E-state index is 12.1. The van der Waals surface area contributed by atoms with Crippen LogP contribution in [-0.4, -0.2) is 63.7 Å². The van der Waals surface area contributed by atoms with Crippen LogP contribution < -0.4 is 14.8 Å². The third-order valence-corrected chi connectivity index (χ3v) is 7.17. The van der Waals surface area contributed by atoms with E-state index in [0.717, 1.165) is 0 Å². The lowest BCUT2D eigenvalue weighted by Gasteiger charge is -2.19. The lowest BCUT2D eigenvalue weighted by atomic mass is 9.89. The molecule has 12 nitrogen and oxygen atoms in total. The van der Waals surface area contributed by atoms with Crippen molar-refractivity contribution in [3.8, 4) is 11.5 Å². The Kier molecular flexibility index (Phi) is 14.1. The van der Waals surface area contributed by atoms with E-state index in [4.69, 9.17) is 21.1 Å². The highest BCUT2D eigenvalue weighted by Crippen LogP contribution is 2.36. The fourth-order valence-electron chi connectivity index (χ4n) is 4.76. The van der Waals surface area contributed by atoms with Crippen LogP contribution in [0.2, 0.25) is 5.02 Å². The van der Waals surface area contributed by atoms with Crippen molar-refractivity contribution < 1.29 is 44.3 Å². The lowest BCUT2D eigenvalue weighted by Crippen LogP contribution is -2.31. The number of nitrogens with zero attached hydrogens (tertiary/aromatic N) is 1. The highest BCUT2D eigenvalue weighted by atomic mass is 35.5. The van der Waals surface area contributed by atoms with E-state index in [9.17, 15) is 35.0 Å². The second kappa shape index (κ2) is 18.0. The number of amides is 1. The average Bonchev–Trinajstić information content (AvgIpc) is 3.26. The first kappa shape index (κ1) is 34.5. The van der Waals surface area contributed by atoms with Crippen molar-refractivity contribution in [2.45, 2.75) is 57.0 Å². The van der Waals surface area contributed by atoms with E-state index in [0.29, 0.717) is 35.6 Å². The van der Waals surface area contributed by atoms with Crippen LogP contribution in [0.1, 0.15) is 37.7 Å². The van der Waals surface area contributed by atoms with Gasteiger partial charge in [0.15, 0.2) is 0 Å². The number of allylic oxidation sites excluding steroid dienone is 2. The Morgan fingerprint density at radius 2 is 1.89 bits per heavy atom. The fourth-order valence-corrected chi connectivity index (χ4v) is 4.94. The molecule has 2 aromatic rings. The van der Waals surface area contributed by atoms with Crippen LogP contribution in [0.3, 0.4) is 0 Å². The molecule has 1 fully saturated rings. The first-order valence-electron chi connectivity index (χ1n) is 14.2. The van der Waals surface area contributed by atoms with Crippen molar-refractivity contribution in [1.82, 2.24) is 5.32 Å². The van der Waals surface area contributed by atoms with Gasteiger partial charge >= 0.3 is 5.97 Å². The third-order valence-electron chi connectivity index (χ3n) is 6.93. The molecule has 0 heterocycles. The van der Waals surface area contributed by atoms with Crippen LogP contribution in [0.25, 0.3) is 0 Å². The number of aliphatic hydroxyl groups excluding tert-OH is 3. The Morgan fingerprint density at radius 1 is 1.11 bits per heavy atom. The predicted molar refractivity (Wildman–Crippen MR) is 160 cm³/mol. The molecule has 0 saturated heterocycles. The normalized spacial score (nSPS) is 20.5. The van der Waals surface area contributed by atoms with Crippen LogP contribution in [0.15, 0.2) is 72.8 Å². The molecule has 2 aromatic carbocycles. The van der Waals surface area contributed by atoms with Crippen LogP contribution in [0.5, 0.6) is 11.5 Å². The van der Waals surface area contributed by atoms with E-state index < -0.39 is 29.4 Å². The Balaban J connectivity index is 1.33. The zero-order valence-corrected chi connectivity index (χ0v) is 24.8. The minimum Gasteiger partial charge on any atom is -0.491 e. The third kappa shape index (κ3) is 12.3. The Morgan fingerprint density at radius 3 is 2.66 bits per heavy atom. The van der Waals surface area contributed by atoms with E-state index in [1.165, 1.54) is 12.1 Å². The number of carbonyl (C=O) groups is 2. The van der Waals surface area contributed by atoms with Gasteiger partial charge in [-0.15, -0.1) is 10.1 Å². The van der Waals surface area contributed by atoms with Crippen LogP contribution in [-0.2, 0) is 21.0 Å². The van der Waals surface area contributed by atoms with E-state index in [1.807, 2.05) is 12.2 Å². The molecular weight excluding hydrogens is 596 g/mol. The molecule has 0 radical (unpaired) electrons. The summed E-state index contributed by atoms with van der Waals surface area (Å²) in [6, 6.07) is 12.9. The topological polar surface area (TPSA) is 178 Å². The predicted octanol–water partition coefficient (Wildman–Crippen LogP) is 3.54. The van der Waals surface area contributed by atoms with Gasteiger partial charge in [0.25, 0.3) is 5.09 Å². The molecular formula is C31H37ClN2O10. The molecule has 1 aliphatic carbocycles. The Hall–Kier alpha value is -3.97. The van der Waals surface area contributed by atoms with Gasteiger partial charge in [0.2, 0.25) is 5.91 Å². The fraction of sp³-hybridized carbons (Fsp3) is 0.419. The van der Waals surface area contributed by atoms with Crippen molar-refractivity contribution in [3.63, 3.8) is 0 Å². The summed E-state index contributed by atoms with van der Waals surface area (Å²) < 4.78 is 10.7. The zero-order chi connectivity index (χ0) is 31.9. The quantitative estimate of drug-likeness (QED) is 0.0503. The number of ether oxygens (including phenoxy) is 2. The van der Waals surface area contributed by atoms with Gasteiger partial charge in [0.1, 0.15) is 37.4 Å². The first-order valence-corrected chi connectivity index (χ1v) is 14.6. The van der Waals surface area contributed by atoms with Crippen LogP contribution in [0.4, 0.5) is 0 Å². The zero-order valence-electron chi connectivity index (χ0n) is 24.0. The van der Waals surface area contributed by atoms with Crippen LogP contribution in [0, 0.1) is 22.0 Å². The highest BCUT2D eigenvalue weighted by molar-refractivity contribution is 6.30. The maximum atomic E-state index is 12.1. The molecule has 13 heteroatoms. The summed E-state index contributed by atoms with van der Waals surface area (Å²) in [4.78, 5) is 38.8. The summed E-state index contributed by atoms with van der Waals surface area (Å²) >= 11 is 5.94. The summed E-state index contributed by atoms with van der Waals surface area (Å²) in [7, 11) is 0. The van der Waals surface area contributed by atoms with Gasteiger partial charge in [0, 0.05) is 23.8 Å². The number of benzene rings is 2. The number of esters is 1. The summed E-state index contributed by atoms with van der Waals surface area (Å²) in [5, 5.41) is 43.6. The standard InChI is InChI=1S/C31H37ClN2O10/c32-22-8-6-9-24(16-22)42-20-23(35)13-14-27-26(28(36)17-29(27)37)11-3-1-2-4-12-30(38)33-18-31(39)44-25-10-5-7-21(15-25)19-43-34(40)41/h1,3,5-10,13-16,23,26-29,35-37H,2,4,11-12,17-20H2,(H,33,38)/b3-1-,14-13+/t23-,26-,27-,28+,29-/m1/s1. The number of halogens is 1. The maximum Gasteiger partial charge on any atom is 0.330 e. The van der Waals surface area contributed by atoms with Crippen LogP contribution >= 0.6 is 11.6 Å². The molecule has 44 heavy (non-hydrogen) atoms. The molecule has 1 amide bonds. The molecule has 0 spiro atoms. The molecule has 0 aromatic heterocycles.